The van der Waals surface area contributed by atoms with E-state index in [1.807, 2.05) is 19.2 Å². The van der Waals surface area contributed by atoms with Gasteiger partial charge in [0.25, 0.3) is 0 Å². The minimum absolute atomic E-state index is 0.00214. The van der Waals surface area contributed by atoms with Crippen LogP contribution in [0.2, 0.25) is 0 Å². The molecule has 1 aliphatic rings. The quantitative estimate of drug-likeness (QED) is 0.118. The molecule has 2 aromatic carbocycles. The fraction of sp³-hybridized carbons (Fsp3) is 0.464. The predicted molar refractivity (Wildman–Crippen MR) is 140 cm³/mol. The minimum Gasteiger partial charge on any atom is -0.346 e. The highest BCUT2D eigenvalue weighted by atomic mass is 31.2. The standard InChI is InChI=1S/C28H33F5NO4P/c1-4-7-10-20-22(30)16-23(39(36,37-13-8-5-2)38-14-9-6-3)24-19-12-11-18(29)15-21(19)26(25(20)24)27(35)34-17-28(31,32)33/h4,7,11-12,15-16,26H,5-6,8-10,13-14,17H2,1-3H3,(H,34,35). The van der Waals surface area contributed by atoms with Crippen molar-refractivity contribution in [2.24, 2.45) is 0 Å². The number of halogens is 5. The van der Waals surface area contributed by atoms with E-state index in [1.54, 1.807) is 19.1 Å². The first-order chi connectivity index (χ1) is 18.5. The van der Waals surface area contributed by atoms with Crippen LogP contribution in [0.5, 0.6) is 0 Å². The lowest BCUT2D eigenvalue weighted by atomic mass is 9.90. The third-order valence-corrected chi connectivity index (χ3v) is 8.37. The highest BCUT2D eigenvalue weighted by molar-refractivity contribution is 7.62. The first kappa shape index (κ1) is 31.0. The number of amides is 1. The normalized spacial score (nSPS) is 15.0. The number of carbonyl (C=O) groups is 1. The van der Waals surface area contributed by atoms with Gasteiger partial charge in [-0.25, -0.2) is 8.78 Å². The second-order valence-corrected chi connectivity index (χ2v) is 11.3. The van der Waals surface area contributed by atoms with Gasteiger partial charge in [0.05, 0.1) is 24.4 Å². The molecule has 1 aliphatic carbocycles. The van der Waals surface area contributed by atoms with Crippen LogP contribution in [0.3, 0.4) is 0 Å². The molecule has 1 atom stereocenters. The zero-order valence-corrected chi connectivity index (χ0v) is 23.1. The van der Waals surface area contributed by atoms with Gasteiger partial charge in [-0.15, -0.1) is 0 Å². The Morgan fingerprint density at radius 2 is 1.72 bits per heavy atom. The van der Waals surface area contributed by atoms with E-state index in [9.17, 15) is 26.9 Å². The van der Waals surface area contributed by atoms with Crippen LogP contribution in [0.4, 0.5) is 22.0 Å². The second-order valence-electron chi connectivity index (χ2n) is 9.29. The Hall–Kier alpha value is -2.55. The third-order valence-electron chi connectivity index (χ3n) is 6.38. The second kappa shape index (κ2) is 13.2. The average Bonchev–Trinajstić information content (AvgIpc) is 3.20. The number of fused-ring (bicyclic) bond motifs is 3. The molecule has 0 aliphatic heterocycles. The molecule has 0 bridgehead atoms. The van der Waals surface area contributed by atoms with Crippen LogP contribution in [0.1, 0.15) is 69.1 Å². The van der Waals surface area contributed by atoms with Crippen LogP contribution < -0.4 is 10.6 Å². The maximum atomic E-state index is 15.8. The van der Waals surface area contributed by atoms with E-state index in [0.717, 1.165) is 31.0 Å². The van der Waals surface area contributed by atoms with Gasteiger partial charge in [-0.2, -0.15) is 13.2 Å². The van der Waals surface area contributed by atoms with E-state index in [2.05, 4.69) is 0 Å². The molecule has 1 amide bonds. The highest BCUT2D eigenvalue weighted by Crippen LogP contribution is 2.55. The number of rotatable bonds is 13. The number of unbranched alkanes of at least 4 members (excludes halogenated alkanes) is 2. The van der Waals surface area contributed by atoms with Gasteiger partial charge in [0.2, 0.25) is 5.91 Å². The van der Waals surface area contributed by atoms with Crippen molar-refractivity contribution in [2.75, 3.05) is 19.8 Å². The summed E-state index contributed by atoms with van der Waals surface area (Å²) in [6.45, 7) is 4.03. The van der Waals surface area contributed by atoms with Crippen molar-refractivity contribution >= 4 is 18.8 Å². The van der Waals surface area contributed by atoms with E-state index in [0.29, 0.717) is 12.8 Å². The van der Waals surface area contributed by atoms with E-state index in [-0.39, 0.29) is 52.8 Å². The molecule has 0 saturated heterocycles. The number of allylic oxidation sites excluding steroid dienone is 2. The van der Waals surface area contributed by atoms with Crippen molar-refractivity contribution in [2.45, 2.75) is 65.0 Å². The predicted octanol–water partition coefficient (Wildman–Crippen LogP) is 7.33. The monoisotopic (exact) mass is 573 g/mol. The Balaban J connectivity index is 2.32. The topological polar surface area (TPSA) is 64.6 Å². The minimum atomic E-state index is -4.70. The Kier molecular flexibility index (Phi) is 10.5. The molecule has 0 heterocycles. The summed E-state index contributed by atoms with van der Waals surface area (Å²) in [6, 6.07) is 4.57. The van der Waals surface area contributed by atoms with Gasteiger partial charge in [-0.1, -0.05) is 44.9 Å². The maximum Gasteiger partial charge on any atom is 0.405 e. The summed E-state index contributed by atoms with van der Waals surface area (Å²) in [5.41, 5.74) is 0.529. The Labute approximate surface area is 225 Å². The van der Waals surface area contributed by atoms with Crippen molar-refractivity contribution in [3.05, 3.63) is 64.7 Å². The first-order valence-corrected chi connectivity index (χ1v) is 14.5. The van der Waals surface area contributed by atoms with Gasteiger partial charge >= 0.3 is 13.8 Å². The molecule has 214 valence electrons. The summed E-state index contributed by atoms with van der Waals surface area (Å²) < 4.78 is 94.9. The van der Waals surface area contributed by atoms with Gasteiger partial charge in [0.15, 0.2) is 0 Å². The van der Waals surface area contributed by atoms with Crippen LogP contribution in [0, 0.1) is 11.6 Å². The van der Waals surface area contributed by atoms with Gasteiger partial charge < -0.3 is 14.4 Å². The smallest absolute Gasteiger partial charge is 0.346 e. The molecule has 3 rings (SSSR count). The Morgan fingerprint density at radius 3 is 2.28 bits per heavy atom. The highest BCUT2D eigenvalue weighted by Gasteiger charge is 2.44. The van der Waals surface area contributed by atoms with E-state index >= 15 is 4.39 Å². The maximum absolute atomic E-state index is 15.8. The van der Waals surface area contributed by atoms with Crippen molar-refractivity contribution < 1.29 is 40.4 Å². The van der Waals surface area contributed by atoms with Gasteiger partial charge in [-0.3, -0.25) is 9.36 Å². The van der Waals surface area contributed by atoms with Crippen molar-refractivity contribution in [1.29, 1.82) is 0 Å². The molecule has 0 saturated carbocycles. The van der Waals surface area contributed by atoms with Crippen LogP contribution in [-0.2, 0) is 24.8 Å². The molecule has 2 aromatic rings. The number of benzene rings is 2. The molecule has 1 N–H and O–H groups in total. The number of hydrogen-bond acceptors (Lipinski definition) is 4. The molecule has 0 fully saturated rings. The number of nitrogens with one attached hydrogen (secondary N) is 1. The SMILES string of the molecule is CC=CCc1c(F)cc(P(=O)(OCCCC)OCCCC)c2c1C(C(=O)NCC(F)(F)F)c1cc(F)ccc1-2. The molecule has 0 radical (unpaired) electrons. The fourth-order valence-corrected chi connectivity index (χ4v) is 6.39. The van der Waals surface area contributed by atoms with E-state index < -0.39 is 43.8 Å². The molecule has 5 nitrogen and oxygen atoms in total. The lowest BCUT2D eigenvalue weighted by Crippen LogP contribution is -2.37. The molecule has 11 heteroatoms. The average molecular weight is 574 g/mol. The summed E-state index contributed by atoms with van der Waals surface area (Å²) in [7, 11) is -4.17. The Morgan fingerprint density at radius 1 is 1.08 bits per heavy atom. The third kappa shape index (κ3) is 7.16. The molecular weight excluding hydrogens is 540 g/mol. The van der Waals surface area contributed by atoms with Crippen LogP contribution in [-0.4, -0.2) is 31.8 Å². The number of carbonyl (C=O) groups excluding carboxylic acids is 1. The zero-order valence-electron chi connectivity index (χ0n) is 22.2. The van der Waals surface area contributed by atoms with E-state index in [4.69, 9.17) is 9.05 Å². The molecule has 39 heavy (non-hydrogen) atoms. The summed E-state index contributed by atoms with van der Waals surface area (Å²) >= 11 is 0. The number of alkyl halides is 3. The summed E-state index contributed by atoms with van der Waals surface area (Å²) in [5, 5.41) is 1.72. The first-order valence-electron chi connectivity index (χ1n) is 13.0. The van der Waals surface area contributed by atoms with Gasteiger partial charge in [0.1, 0.15) is 18.2 Å². The molecule has 0 aromatic heterocycles. The van der Waals surface area contributed by atoms with Crippen molar-refractivity contribution in [3.63, 3.8) is 0 Å². The van der Waals surface area contributed by atoms with Crippen molar-refractivity contribution in [3.8, 4) is 11.1 Å². The molecule has 0 spiro atoms. The van der Waals surface area contributed by atoms with Crippen LogP contribution in [0.15, 0.2) is 36.4 Å². The lowest BCUT2D eigenvalue weighted by Gasteiger charge is -2.24. The fourth-order valence-electron chi connectivity index (χ4n) is 4.51. The van der Waals surface area contributed by atoms with Gasteiger partial charge in [0, 0.05) is 5.56 Å². The lowest BCUT2D eigenvalue weighted by molar-refractivity contribution is -0.138. The molecular formula is C28H33F5NO4P. The van der Waals surface area contributed by atoms with Gasteiger partial charge in [-0.05, 0) is 66.6 Å². The zero-order chi connectivity index (χ0) is 28.8. The summed E-state index contributed by atoms with van der Waals surface area (Å²) in [5.74, 6) is -4.09. The summed E-state index contributed by atoms with van der Waals surface area (Å²) in [4.78, 5) is 13.2. The number of hydrogen-bond donors (Lipinski definition) is 1. The largest absolute Gasteiger partial charge is 0.405 e. The van der Waals surface area contributed by atoms with Crippen molar-refractivity contribution in [1.82, 2.24) is 5.32 Å². The van der Waals surface area contributed by atoms with E-state index in [1.165, 1.54) is 6.07 Å². The summed E-state index contributed by atoms with van der Waals surface area (Å²) in [6.07, 6.45) is 1.15. The Bertz CT molecular complexity index is 1250. The van der Waals surface area contributed by atoms with Crippen LogP contribution >= 0.6 is 7.60 Å². The van der Waals surface area contributed by atoms with Crippen LogP contribution in [0.25, 0.3) is 11.1 Å². The molecule has 1 unspecified atom stereocenters.